The lowest BCUT2D eigenvalue weighted by Gasteiger charge is -2.29. The van der Waals surface area contributed by atoms with E-state index in [0.29, 0.717) is 17.4 Å². The fraction of sp³-hybridized carbons (Fsp3) is 0.412. The molecule has 0 amide bonds. The van der Waals surface area contributed by atoms with Crippen LogP contribution >= 0.6 is 0 Å². The molecule has 0 N–H and O–H groups in total. The van der Waals surface area contributed by atoms with Crippen LogP contribution < -0.4 is 0 Å². The largest absolute Gasteiger partial charge is 0.273 e. The van der Waals surface area contributed by atoms with Crippen LogP contribution in [0.1, 0.15) is 24.8 Å². The monoisotopic (exact) mass is 303 g/mol. The number of hydrogen-bond donors (Lipinski definition) is 0. The fourth-order valence-corrected chi connectivity index (χ4v) is 4.57. The van der Waals surface area contributed by atoms with Crippen molar-refractivity contribution < 1.29 is 8.42 Å². The van der Waals surface area contributed by atoms with Crippen molar-refractivity contribution in [3.8, 4) is 0 Å². The first-order chi connectivity index (χ1) is 9.98. The van der Waals surface area contributed by atoms with Gasteiger partial charge in [-0.05, 0) is 49.7 Å². The zero-order valence-electron chi connectivity index (χ0n) is 12.3. The number of aryl methyl sites for hydroxylation is 1. The Bertz CT molecular complexity index is 675. The fourth-order valence-electron chi connectivity index (χ4n) is 3.16. The molecule has 2 atom stereocenters. The zero-order valence-corrected chi connectivity index (χ0v) is 13.1. The predicted octanol–water partition coefficient (Wildman–Crippen LogP) is 3.49. The summed E-state index contributed by atoms with van der Waals surface area (Å²) in [7, 11) is -3.43. The van der Waals surface area contributed by atoms with Crippen molar-refractivity contribution in [1.82, 2.24) is 4.31 Å². The molecule has 2 aliphatic rings. The number of rotatable bonds is 5. The number of allylic oxidation sites excluding steroid dienone is 2. The summed E-state index contributed by atoms with van der Waals surface area (Å²) in [6.07, 6.45) is 8.78. The summed E-state index contributed by atoms with van der Waals surface area (Å²) in [6, 6.07) is 7.06. The van der Waals surface area contributed by atoms with Crippen LogP contribution in [0.5, 0.6) is 0 Å². The molecule has 0 bridgehead atoms. The quantitative estimate of drug-likeness (QED) is 0.781. The van der Waals surface area contributed by atoms with E-state index in [9.17, 15) is 8.42 Å². The van der Waals surface area contributed by atoms with Gasteiger partial charge in [-0.2, -0.15) is 0 Å². The Morgan fingerprint density at radius 3 is 2.76 bits per heavy atom. The maximum absolute atomic E-state index is 12.7. The summed E-state index contributed by atoms with van der Waals surface area (Å²) >= 11 is 0. The van der Waals surface area contributed by atoms with Gasteiger partial charge < -0.3 is 0 Å². The first kappa shape index (κ1) is 14.4. The molecule has 0 spiro atoms. The molecular weight excluding hydrogens is 282 g/mol. The van der Waals surface area contributed by atoms with Crippen molar-refractivity contribution in [1.29, 1.82) is 0 Å². The Labute approximate surface area is 127 Å². The number of hydrogen-bond acceptors (Lipinski definition) is 2. The molecule has 1 aliphatic heterocycles. The maximum Gasteiger partial charge on any atom is 0.263 e. The van der Waals surface area contributed by atoms with Gasteiger partial charge in [0, 0.05) is 12.7 Å². The number of benzene rings is 1. The molecule has 1 heterocycles. The van der Waals surface area contributed by atoms with E-state index in [0.717, 1.165) is 24.8 Å². The van der Waals surface area contributed by atoms with Crippen LogP contribution in [0.2, 0.25) is 0 Å². The topological polar surface area (TPSA) is 37.4 Å². The van der Waals surface area contributed by atoms with Crippen LogP contribution in [0.4, 0.5) is 0 Å². The van der Waals surface area contributed by atoms with Gasteiger partial charge in [0.15, 0.2) is 0 Å². The lowest BCUT2D eigenvalue weighted by Crippen LogP contribution is -2.34. The predicted molar refractivity (Wildman–Crippen MR) is 84.2 cm³/mol. The molecule has 0 saturated heterocycles. The molecule has 4 heteroatoms. The smallest absolute Gasteiger partial charge is 0.263 e. The number of nitrogens with zero attached hydrogens (tertiary/aromatic N) is 1. The normalized spacial score (nSPS) is 27.3. The third kappa shape index (κ3) is 2.53. The van der Waals surface area contributed by atoms with Crippen molar-refractivity contribution in [2.24, 2.45) is 11.3 Å². The van der Waals surface area contributed by atoms with Crippen LogP contribution in [0, 0.1) is 18.3 Å². The van der Waals surface area contributed by atoms with Gasteiger partial charge in [-0.1, -0.05) is 29.8 Å². The molecule has 2 unspecified atom stereocenters. The second kappa shape index (κ2) is 5.02. The molecule has 3 rings (SSSR count). The molecule has 1 saturated carbocycles. The highest BCUT2D eigenvalue weighted by Crippen LogP contribution is 2.59. The van der Waals surface area contributed by atoms with E-state index in [1.807, 2.05) is 25.1 Å². The van der Waals surface area contributed by atoms with E-state index < -0.39 is 10.0 Å². The molecule has 21 heavy (non-hydrogen) atoms. The van der Waals surface area contributed by atoms with Gasteiger partial charge in [-0.3, -0.25) is 4.31 Å². The second-order valence-corrected chi connectivity index (χ2v) is 8.10. The lowest BCUT2D eigenvalue weighted by atomic mass is 9.95. The highest BCUT2D eigenvalue weighted by atomic mass is 32.2. The highest BCUT2D eigenvalue weighted by Gasteiger charge is 2.55. The van der Waals surface area contributed by atoms with Crippen molar-refractivity contribution in [3.05, 3.63) is 54.8 Å². The van der Waals surface area contributed by atoms with E-state index >= 15 is 0 Å². The molecule has 0 radical (unpaired) electrons. The Balaban J connectivity index is 1.84. The number of sulfonamides is 1. The molecule has 1 aliphatic carbocycles. The Morgan fingerprint density at radius 1 is 1.38 bits per heavy atom. The molecular formula is C17H21NO2S. The van der Waals surface area contributed by atoms with Gasteiger partial charge >= 0.3 is 0 Å². The van der Waals surface area contributed by atoms with Gasteiger partial charge in [0.05, 0.1) is 4.90 Å². The van der Waals surface area contributed by atoms with Crippen molar-refractivity contribution in [3.63, 3.8) is 0 Å². The van der Waals surface area contributed by atoms with Crippen LogP contribution in [-0.4, -0.2) is 19.3 Å². The average molecular weight is 303 g/mol. The van der Waals surface area contributed by atoms with Crippen LogP contribution in [0.15, 0.2) is 54.1 Å². The van der Waals surface area contributed by atoms with Gasteiger partial charge in [0.25, 0.3) is 10.0 Å². The molecule has 1 fully saturated rings. The van der Waals surface area contributed by atoms with Gasteiger partial charge in [0.1, 0.15) is 0 Å². The Kier molecular flexibility index (Phi) is 3.44. The van der Waals surface area contributed by atoms with Gasteiger partial charge in [-0.25, -0.2) is 8.42 Å². The summed E-state index contributed by atoms with van der Waals surface area (Å²) in [5.41, 5.74) is 1.20. The van der Waals surface area contributed by atoms with E-state index in [4.69, 9.17) is 0 Å². The van der Waals surface area contributed by atoms with Crippen LogP contribution in [0.25, 0.3) is 0 Å². The molecule has 3 nitrogen and oxygen atoms in total. The SMILES string of the molecule is C=CCCC12CC1C=CN(S(=O)(=O)c1ccc(C)cc1)C2. The summed E-state index contributed by atoms with van der Waals surface area (Å²) in [5, 5.41) is 0. The second-order valence-electron chi connectivity index (χ2n) is 6.21. The van der Waals surface area contributed by atoms with E-state index in [1.165, 1.54) is 4.31 Å². The summed E-state index contributed by atoms with van der Waals surface area (Å²) in [6.45, 7) is 6.32. The highest BCUT2D eigenvalue weighted by molar-refractivity contribution is 7.89. The van der Waals surface area contributed by atoms with E-state index in [1.54, 1.807) is 18.3 Å². The summed E-state index contributed by atoms with van der Waals surface area (Å²) in [5.74, 6) is 0.543. The Morgan fingerprint density at radius 2 is 2.10 bits per heavy atom. The van der Waals surface area contributed by atoms with Crippen molar-refractivity contribution >= 4 is 10.0 Å². The summed E-state index contributed by atoms with van der Waals surface area (Å²) < 4.78 is 27.0. The van der Waals surface area contributed by atoms with E-state index in [2.05, 4.69) is 12.7 Å². The summed E-state index contributed by atoms with van der Waals surface area (Å²) in [4.78, 5) is 0.371. The minimum absolute atomic E-state index is 0.140. The molecule has 1 aromatic carbocycles. The van der Waals surface area contributed by atoms with Crippen LogP contribution in [-0.2, 0) is 10.0 Å². The minimum Gasteiger partial charge on any atom is -0.273 e. The molecule has 112 valence electrons. The van der Waals surface area contributed by atoms with Crippen molar-refractivity contribution in [2.45, 2.75) is 31.1 Å². The minimum atomic E-state index is -3.43. The van der Waals surface area contributed by atoms with Gasteiger partial charge in [-0.15, -0.1) is 6.58 Å². The first-order valence-corrected chi connectivity index (χ1v) is 8.80. The molecule has 0 aromatic heterocycles. The average Bonchev–Trinajstić information content (AvgIpc) is 3.19. The third-order valence-corrected chi connectivity index (χ3v) is 6.42. The zero-order chi connectivity index (χ0) is 15.1. The van der Waals surface area contributed by atoms with Crippen LogP contribution in [0.3, 0.4) is 0 Å². The maximum atomic E-state index is 12.7. The Hall–Kier alpha value is -1.55. The third-order valence-electron chi connectivity index (χ3n) is 4.68. The number of fused-ring (bicyclic) bond motifs is 1. The van der Waals surface area contributed by atoms with Crippen molar-refractivity contribution in [2.75, 3.05) is 6.54 Å². The molecule has 1 aromatic rings. The first-order valence-electron chi connectivity index (χ1n) is 7.36. The standard InChI is InChI=1S/C17H21NO2S/c1-3-4-10-17-12-15(17)9-11-18(13-17)21(19,20)16-7-5-14(2)6-8-16/h3,5-9,11,15H,1,4,10,12-13H2,2H3. The lowest BCUT2D eigenvalue weighted by molar-refractivity contribution is 0.338. The van der Waals surface area contributed by atoms with E-state index in [-0.39, 0.29) is 5.41 Å². The van der Waals surface area contributed by atoms with Gasteiger partial charge in [0.2, 0.25) is 0 Å².